The molecule has 0 spiro atoms. The van der Waals surface area contributed by atoms with Crippen molar-refractivity contribution in [1.82, 2.24) is 4.72 Å². The van der Waals surface area contributed by atoms with Crippen molar-refractivity contribution in [3.05, 3.63) is 35.5 Å². The summed E-state index contributed by atoms with van der Waals surface area (Å²) in [6.45, 7) is 2.11. The minimum atomic E-state index is -3.44. The first-order valence-corrected chi connectivity index (χ1v) is 9.63. The molecule has 2 aromatic heterocycles. The van der Waals surface area contributed by atoms with Gasteiger partial charge in [0.25, 0.3) is 0 Å². The number of halogens is 2. The van der Waals surface area contributed by atoms with Crippen LogP contribution >= 0.6 is 54.5 Å². The highest BCUT2D eigenvalue weighted by Crippen LogP contribution is 2.29. The van der Waals surface area contributed by atoms with Gasteiger partial charge in [0.05, 0.1) is 8.68 Å². The van der Waals surface area contributed by atoms with Gasteiger partial charge in [-0.1, -0.05) is 0 Å². The molecule has 0 bridgehead atoms. The second-order valence-electron chi connectivity index (χ2n) is 3.53. The van der Waals surface area contributed by atoms with Crippen LogP contribution in [0.2, 0.25) is 0 Å². The molecule has 2 aromatic rings. The number of hydrogen-bond acceptors (Lipinski definition) is 4. The normalized spacial score (nSPS) is 11.9. The van der Waals surface area contributed by atoms with Gasteiger partial charge in [0.2, 0.25) is 10.0 Å². The Morgan fingerprint density at radius 1 is 1.33 bits per heavy atom. The van der Waals surface area contributed by atoms with E-state index in [4.69, 9.17) is 0 Å². The van der Waals surface area contributed by atoms with E-state index in [1.807, 2.05) is 11.4 Å². The summed E-state index contributed by atoms with van der Waals surface area (Å²) in [5, 5.41) is 1.93. The van der Waals surface area contributed by atoms with Gasteiger partial charge in [-0.25, -0.2) is 13.1 Å². The molecule has 2 rings (SSSR count). The van der Waals surface area contributed by atoms with Gasteiger partial charge in [0, 0.05) is 26.2 Å². The van der Waals surface area contributed by atoms with E-state index in [2.05, 4.69) is 36.6 Å². The minimum Gasteiger partial charge on any atom is -0.207 e. The van der Waals surface area contributed by atoms with Crippen LogP contribution in [0.1, 0.15) is 9.75 Å². The number of rotatable bonds is 4. The van der Waals surface area contributed by atoms with E-state index in [1.165, 1.54) is 22.7 Å². The molecule has 0 radical (unpaired) electrons. The fourth-order valence-electron chi connectivity index (χ4n) is 1.39. The van der Waals surface area contributed by atoms with E-state index < -0.39 is 10.0 Å². The fraction of sp³-hybridized carbons (Fsp3) is 0.200. The predicted octanol–water partition coefficient (Wildman–Crippen LogP) is 4.12. The van der Waals surface area contributed by atoms with Crippen molar-refractivity contribution < 1.29 is 8.42 Å². The van der Waals surface area contributed by atoms with Crippen molar-refractivity contribution in [2.24, 2.45) is 0 Å². The lowest BCUT2D eigenvalue weighted by atomic mass is 10.5. The lowest BCUT2D eigenvalue weighted by Gasteiger charge is -2.04. The third-order valence-electron chi connectivity index (χ3n) is 2.19. The molecule has 0 atom stereocenters. The summed E-state index contributed by atoms with van der Waals surface area (Å²) in [4.78, 5) is 2.09. The summed E-state index contributed by atoms with van der Waals surface area (Å²) >= 11 is 9.57. The molecule has 0 aliphatic heterocycles. The second kappa shape index (κ2) is 5.72. The van der Waals surface area contributed by atoms with Crippen LogP contribution in [0.15, 0.2) is 30.7 Å². The first-order valence-electron chi connectivity index (χ1n) is 4.87. The molecule has 8 heteroatoms. The van der Waals surface area contributed by atoms with Crippen molar-refractivity contribution in [1.29, 1.82) is 0 Å². The van der Waals surface area contributed by atoms with Crippen molar-refractivity contribution in [3.63, 3.8) is 0 Å². The van der Waals surface area contributed by atoms with E-state index >= 15 is 0 Å². The van der Waals surface area contributed by atoms with Gasteiger partial charge in [-0.2, -0.15) is 0 Å². The van der Waals surface area contributed by atoms with Gasteiger partial charge in [-0.05, 0) is 50.9 Å². The minimum absolute atomic E-state index is 0.311. The lowest BCUT2D eigenvalue weighted by Crippen LogP contribution is -2.22. The molecule has 18 heavy (non-hydrogen) atoms. The van der Waals surface area contributed by atoms with Crippen LogP contribution < -0.4 is 4.72 Å². The Hall–Kier alpha value is 0.270. The van der Waals surface area contributed by atoms with Crippen LogP contribution in [0.4, 0.5) is 0 Å². The predicted molar refractivity (Wildman–Crippen MR) is 82.8 cm³/mol. The molecule has 1 N–H and O–H groups in total. The average Bonchev–Trinajstić information content (AvgIpc) is 2.82. The summed E-state index contributed by atoms with van der Waals surface area (Å²) in [5.74, 6) is 0. The highest BCUT2D eigenvalue weighted by atomic mass is 79.9. The molecule has 0 aliphatic carbocycles. The summed E-state index contributed by atoms with van der Waals surface area (Å²) in [7, 11) is -3.44. The average molecular weight is 431 g/mol. The molecule has 0 saturated heterocycles. The zero-order chi connectivity index (χ0) is 13.3. The second-order valence-corrected chi connectivity index (χ2v) is 9.81. The number of hydrogen-bond donors (Lipinski definition) is 1. The first-order chi connectivity index (χ1) is 8.38. The molecule has 0 unspecified atom stereocenters. The Kier molecular flexibility index (Phi) is 4.66. The number of sulfonamides is 1. The largest absolute Gasteiger partial charge is 0.242 e. The third kappa shape index (κ3) is 3.43. The van der Waals surface area contributed by atoms with E-state index in [-0.39, 0.29) is 0 Å². The zero-order valence-electron chi connectivity index (χ0n) is 9.24. The lowest BCUT2D eigenvalue weighted by molar-refractivity contribution is 0.581. The summed E-state index contributed by atoms with van der Waals surface area (Å²) in [6.07, 6.45) is 0. The quantitative estimate of drug-likeness (QED) is 0.792. The topological polar surface area (TPSA) is 46.2 Å². The van der Waals surface area contributed by atoms with Crippen molar-refractivity contribution in [3.8, 4) is 0 Å². The van der Waals surface area contributed by atoms with Gasteiger partial charge >= 0.3 is 0 Å². The molecular weight excluding hydrogens is 422 g/mol. The first kappa shape index (κ1) is 14.7. The van der Waals surface area contributed by atoms with Crippen molar-refractivity contribution in [2.75, 3.05) is 0 Å². The SMILES string of the molecule is Cc1sc(Br)cc1S(=O)(=O)NCc1cc(Br)cs1. The van der Waals surface area contributed by atoms with E-state index in [9.17, 15) is 8.42 Å². The zero-order valence-corrected chi connectivity index (χ0v) is 14.9. The van der Waals surface area contributed by atoms with Crippen LogP contribution in [0.25, 0.3) is 0 Å². The number of nitrogens with one attached hydrogen (secondary N) is 1. The Morgan fingerprint density at radius 2 is 2.06 bits per heavy atom. The van der Waals surface area contributed by atoms with E-state index in [0.29, 0.717) is 11.4 Å². The fourth-order valence-corrected chi connectivity index (χ4v) is 6.29. The monoisotopic (exact) mass is 429 g/mol. The van der Waals surface area contributed by atoms with Gasteiger partial charge in [-0.3, -0.25) is 0 Å². The highest BCUT2D eigenvalue weighted by Gasteiger charge is 2.19. The van der Waals surface area contributed by atoms with Crippen LogP contribution in [-0.4, -0.2) is 8.42 Å². The van der Waals surface area contributed by atoms with E-state index in [1.54, 1.807) is 13.0 Å². The molecular formula is C10H9Br2NO2S3. The van der Waals surface area contributed by atoms with Crippen LogP contribution in [0, 0.1) is 6.92 Å². The van der Waals surface area contributed by atoms with Crippen LogP contribution in [-0.2, 0) is 16.6 Å². The smallest absolute Gasteiger partial charge is 0.207 e. The number of aryl methyl sites for hydroxylation is 1. The van der Waals surface area contributed by atoms with E-state index in [0.717, 1.165) is 18.0 Å². The van der Waals surface area contributed by atoms with Gasteiger partial charge in [0.1, 0.15) is 0 Å². The summed E-state index contributed by atoms with van der Waals surface area (Å²) in [6, 6.07) is 3.54. The summed E-state index contributed by atoms with van der Waals surface area (Å²) in [5.41, 5.74) is 0. The van der Waals surface area contributed by atoms with Gasteiger partial charge in [0.15, 0.2) is 0 Å². The molecule has 0 aliphatic rings. The molecule has 0 fully saturated rings. The highest BCUT2D eigenvalue weighted by molar-refractivity contribution is 9.11. The molecule has 3 nitrogen and oxygen atoms in total. The molecule has 98 valence electrons. The molecule has 0 saturated carbocycles. The van der Waals surface area contributed by atoms with Crippen molar-refractivity contribution >= 4 is 64.6 Å². The third-order valence-corrected chi connectivity index (χ3v) is 7.10. The maximum atomic E-state index is 12.1. The van der Waals surface area contributed by atoms with Gasteiger partial charge in [-0.15, -0.1) is 22.7 Å². The Balaban J connectivity index is 2.15. The summed E-state index contributed by atoms with van der Waals surface area (Å²) < 4.78 is 28.6. The van der Waals surface area contributed by atoms with Crippen LogP contribution in [0.3, 0.4) is 0 Å². The van der Waals surface area contributed by atoms with Gasteiger partial charge < -0.3 is 0 Å². The Labute approximate surface area is 131 Å². The molecule has 2 heterocycles. The maximum Gasteiger partial charge on any atom is 0.242 e. The maximum absolute atomic E-state index is 12.1. The van der Waals surface area contributed by atoms with Crippen molar-refractivity contribution in [2.45, 2.75) is 18.4 Å². The number of thiophene rings is 2. The molecule has 0 aromatic carbocycles. The molecule has 0 amide bonds. The Bertz CT molecular complexity index is 660. The Morgan fingerprint density at radius 3 is 2.56 bits per heavy atom. The standard InChI is InChI=1S/C10H9Br2NO2S3/c1-6-9(3-10(12)17-6)18(14,15)13-4-8-2-7(11)5-16-8/h2-3,5,13H,4H2,1H3. The van der Waals surface area contributed by atoms with Crippen LogP contribution in [0.5, 0.6) is 0 Å².